The van der Waals surface area contributed by atoms with Crippen LogP contribution in [0.1, 0.15) is 76.4 Å². The Morgan fingerprint density at radius 3 is 2.54 bits per heavy atom. The third-order valence-electron chi connectivity index (χ3n) is 11.4. The van der Waals surface area contributed by atoms with Crippen LogP contribution in [0.3, 0.4) is 0 Å². The maximum Gasteiger partial charge on any atom is 0.416 e. The SMILES string of the molecule is C=CCOC(=O)N1c2cc(OCCCC(=O)Nc3cn(C)c(C(=O)NC4C=C(C(=O)Oc5cc(C(=O)OC)n(C)c5)N(C)C4)n3)c(OC)cc2C(=O)N2CCC[C@H]2C1OC1CCCCO1. The number of methoxy groups -OCH3 is 2. The summed E-state index contributed by atoms with van der Waals surface area (Å²) >= 11 is 0. The molecular weight excluding hydrogens is 849 g/mol. The van der Waals surface area contributed by atoms with Crippen LogP contribution in [0.25, 0.3) is 0 Å². The number of anilines is 2. The molecule has 65 heavy (non-hydrogen) atoms. The standard InChI is InChI=1S/C44H54N8O13/c1-7-16-63-44(58)52-30-22-34(33(59-5)21-28(30)40(55)51-15-10-12-29(51)41(52)65-37-14-8-9-17-62-37)61-18-11-13-36(53)46-35-25-50(4)38(47-35)39(54)45-26-19-31(48(2)23-26)43(57)64-27-20-32(42(56)60-6)49(3)24-27/h7,19-22,24-26,29,37,41H,1,8-18,23H2,2-6H3,(H,45,54)(H,46,53)/t26?,29-,37?,41?/m0/s1. The molecule has 3 unspecified atom stereocenters. The van der Waals surface area contributed by atoms with Crippen molar-refractivity contribution in [3.8, 4) is 17.2 Å². The van der Waals surface area contributed by atoms with Gasteiger partial charge in [-0.05, 0) is 50.7 Å². The van der Waals surface area contributed by atoms with Gasteiger partial charge in [0.25, 0.3) is 11.8 Å². The molecule has 2 aromatic heterocycles. The number of esters is 2. The first kappa shape index (κ1) is 46.1. The third kappa shape index (κ3) is 10.3. The van der Waals surface area contributed by atoms with Gasteiger partial charge in [0.15, 0.2) is 29.8 Å². The van der Waals surface area contributed by atoms with Gasteiger partial charge in [-0.15, -0.1) is 0 Å². The first-order chi connectivity index (χ1) is 31.3. The highest BCUT2D eigenvalue weighted by Gasteiger charge is 2.48. The number of aromatic nitrogens is 3. The van der Waals surface area contributed by atoms with Crippen LogP contribution in [0.15, 0.2) is 55.0 Å². The Morgan fingerprint density at radius 2 is 1.80 bits per heavy atom. The minimum atomic E-state index is -0.914. The number of fused-ring (bicyclic) bond motifs is 2. The van der Waals surface area contributed by atoms with E-state index in [1.165, 1.54) is 52.8 Å². The molecule has 0 radical (unpaired) electrons. The normalized spacial score (nSPS) is 20.2. The topological polar surface area (TPSA) is 224 Å². The Hall–Kier alpha value is -6.87. The number of ether oxygens (including phenoxy) is 7. The second-order valence-corrected chi connectivity index (χ2v) is 15.9. The van der Waals surface area contributed by atoms with Gasteiger partial charge in [0.2, 0.25) is 11.7 Å². The lowest BCUT2D eigenvalue weighted by atomic mass is 10.1. The summed E-state index contributed by atoms with van der Waals surface area (Å²) in [5.41, 5.74) is 0.854. The Balaban J connectivity index is 0.967. The summed E-state index contributed by atoms with van der Waals surface area (Å²) in [4.78, 5) is 88.3. The van der Waals surface area contributed by atoms with Crippen LogP contribution in [0, 0.1) is 0 Å². The van der Waals surface area contributed by atoms with Crippen molar-refractivity contribution in [2.24, 2.45) is 14.1 Å². The lowest BCUT2D eigenvalue weighted by molar-refractivity contribution is -0.195. The van der Waals surface area contributed by atoms with Crippen molar-refractivity contribution >= 4 is 47.3 Å². The number of amides is 4. The molecule has 7 rings (SSSR count). The lowest BCUT2D eigenvalue weighted by Gasteiger charge is -2.38. The van der Waals surface area contributed by atoms with Gasteiger partial charge in [-0.1, -0.05) is 12.7 Å². The number of aryl methyl sites for hydroxylation is 2. The summed E-state index contributed by atoms with van der Waals surface area (Å²) in [6.45, 7) is 4.93. The fourth-order valence-electron chi connectivity index (χ4n) is 8.25. The van der Waals surface area contributed by atoms with Crippen LogP contribution in [0.2, 0.25) is 0 Å². The van der Waals surface area contributed by atoms with Gasteiger partial charge in [0.05, 0.1) is 44.2 Å². The Kier molecular flexibility index (Phi) is 14.4. The first-order valence-corrected chi connectivity index (χ1v) is 21.3. The lowest BCUT2D eigenvalue weighted by Crippen LogP contribution is -2.54. The molecule has 0 bridgehead atoms. The fourth-order valence-corrected chi connectivity index (χ4v) is 8.25. The molecule has 2 fully saturated rings. The maximum absolute atomic E-state index is 14.1. The Morgan fingerprint density at radius 1 is 0.985 bits per heavy atom. The molecule has 21 heteroatoms. The van der Waals surface area contributed by atoms with Crippen molar-refractivity contribution < 1.29 is 61.9 Å². The number of carbonyl (C=O) groups excluding carboxylic acids is 6. The third-order valence-corrected chi connectivity index (χ3v) is 11.4. The van der Waals surface area contributed by atoms with Gasteiger partial charge in [-0.25, -0.2) is 24.3 Å². The van der Waals surface area contributed by atoms with Crippen molar-refractivity contribution in [3.05, 3.63) is 72.1 Å². The summed E-state index contributed by atoms with van der Waals surface area (Å²) in [6.07, 6.45) is 7.82. The van der Waals surface area contributed by atoms with Gasteiger partial charge in [0.1, 0.15) is 23.7 Å². The number of hydrogen-bond donors (Lipinski definition) is 2. The quantitative estimate of drug-likeness (QED) is 0.119. The predicted molar refractivity (Wildman–Crippen MR) is 230 cm³/mol. The van der Waals surface area contributed by atoms with Gasteiger partial charge in [-0.3, -0.25) is 14.4 Å². The van der Waals surface area contributed by atoms with Gasteiger partial charge in [0, 0.05) is 71.8 Å². The predicted octanol–water partition coefficient (Wildman–Crippen LogP) is 3.50. The Labute approximate surface area is 375 Å². The molecule has 21 nitrogen and oxygen atoms in total. The first-order valence-electron chi connectivity index (χ1n) is 21.3. The zero-order valence-corrected chi connectivity index (χ0v) is 37.0. The number of likely N-dealkylation sites (N-methyl/N-ethyl adjacent to an activating group) is 1. The smallest absolute Gasteiger partial charge is 0.416 e. The summed E-state index contributed by atoms with van der Waals surface area (Å²) in [6, 6.07) is 3.47. The molecule has 6 heterocycles. The van der Waals surface area contributed by atoms with Crippen molar-refractivity contribution in [1.29, 1.82) is 0 Å². The number of carbonyl (C=O) groups is 6. The van der Waals surface area contributed by atoms with E-state index in [4.69, 9.17) is 33.2 Å². The van der Waals surface area contributed by atoms with E-state index >= 15 is 0 Å². The van der Waals surface area contributed by atoms with Crippen LogP contribution in [0.5, 0.6) is 17.2 Å². The van der Waals surface area contributed by atoms with Crippen LogP contribution < -0.4 is 29.7 Å². The number of hydrogen-bond acceptors (Lipinski definition) is 15. The molecule has 348 valence electrons. The number of nitrogens with one attached hydrogen (secondary N) is 2. The molecule has 2 N–H and O–H groups in total. The minimum Gasteiger partial charge on any atom is -0.493 e. The van der Waals surface area contributed by atoms with E-state index in [0.717, 1.165) is 19.3 Å². The number of nitrogens with zero attached hydrogens (tertiary/aromatic N) is 6. The van der Waals surface area contributed by atoms with E-state index in [-0.39, 0.29) is 95.9 Å². The van der Waals surface area contributed by atoms with Crippen molar-refractivity contribution in [2.75, 3.05) is 64.4 Å². The molecule has 0 aliphatic carbocycles. The number of rotatable bonds is 16. The molecule has 3 aromatic rings. The van der Waals surface area contributed by atoms with E-state index < -0.39 is 48.5 Å². The second kappa shape index (κ2) is 20.3. The summed E-state index contributed by atoms with van der Waals surface area (Å²) in [7, 11) is 7.60. The average Bonchev–Trinajstić information content (AvgIpc) is 4.09. The largest absolute Gasteiger partial charge is 0.493 e. The molecule has 4 aliphatic heterocycles. The summed E-state index contributed by atoms with van der Waals surface area (Å²) in [5, 5.41) is 5.55. The number of benzene rings is 1. The molecular formula is C44H54N8O13. The molecule has 4 amide bonds. The van der Waals surface area contributed by atoms with Crippen LogP contribution >= 0.6 is 0 Å². The molecule has 4 aliphatic rings. The maximum atomic E-state index is 14.1. The minimum absolute atomic E-state index is 0.0167. The van der Waals surface area contributed by atoms with E-state index in [0.29, 0.717) is 26.0 Å². The second-order valence-electron chi connectivity index (χ2n) is 15.9. The van der Waals surface area contributed by atoms with Crippen molar-refractivity contribution in [1.82, 2.24) is 29.2 Å². The highest BCUT2D eigenvalue weighted by atomic mass is 16.7. The van der Waals surface area contributed by atoms with Crippen LogP contribution in [0.4, 0.5) is 16.3 Å². The summed E-state index contributed by atoms with van der Waals surface area (Å²) in [5.74, 6) is -1.66. The van der Waals surface area contributed by atoms with Crippen LogP contribution in [-0.4, -0.2) is 138 Å². The van der Waals surface area contributed by atoms with Gasteiger partial charge < -0.3 is 62.7 Å². The molecule has 4 atom stereocenters. The summed E-state index contributed by atoms with van der Waals surface area (Å²) < 4.78 is 42.9. The molecule has 2 saturated heterocycles. The Bertz CT molecular complexity index is 2350. The van der Waals surface area contributed by atoms with Crippen molar-refractivity contribution in [2.45, 2.75) is 69.5 Å². The van der Waals surface area contributed by atoms with E-state index in [1.54, 1.807) is 49.2 Å². The monoisotopic (exact) mass is 902 g/mol. The fraction of sp³-hybridized carbons (Fsp3) is 0.477. The van der Waals surface area contributed by atoms with E-state index in [2.05, 4.69) is 22.2 Å². The zero-order chi connectivity index (χ0) is 46.4. The van der Waals surface area contributed by atoms with Gasteiger partial charge in [-0.2, -0.15) is 0 Å². The molecule has 0 saturated carbocycles. The van der Waals surface area contributed by atoms with Crippen LogP contribution in [-0.2, 0) is 42.6 Å². The highest BCUT2D eigenvalue weighted by molar-refractivity contribution is 6.06. The molecule has 1 aromatic carbocycles. The zero-order valence-electron chi connectivity index (χ0n) is 37.0. The highest BCUT2D eigenvalue weighted by Crippen LogP contribution is 2.42. The van der Waals surface area contributed by atoms with Gasteiger partial charge >= 0.3 is 18.0 Å². The molecule has 0 spiro atoms. The van der Waals surface area contributed by atoms with E-state index in [1.807, 2.05) is 0 Å². The average molecular weight is 903 g/mol. The van der Waals surface area contributed by atoms with Crippen molar-refractivity contribution in [3.63, 3.8) is 0 Å². The van der Waals surface area contributed by atoms with E-state index in [9.17, 15) is 28.8 Å². The number of imidazole rings is 1.